The minimum absolute atomic E-state index is 0.131. The minimum Gasteiger partial charge on any atom is -0.497 e. The van der Waals surface area contributed by atoms with Crippen molar-refractivity contribution in [3.8, 4) is 5.75 Å². The van der Waals surface area contributed by atoms with Crippen molar-refractivity contribution in [2.45, 2.75) is 0 Å². The Kier molecular flexibility index (Phi) is 5.22. The number of anilines is 1. The van der Waals surface area contributed by atoms with E-state index in [2.05, 4.69) is 10.3 Å². The molecule has 0 atom stereocenters. The number of hydrogen-bond acceptors (Lipinski definition) is 3. The smallest absolute Gasteiger partial charge is 0.255 e. The standard InChI is InChI=1S/C21H18N2O2/c1-25-20-9-5-6-16(14-20)15-22-18-10-12-19(13-11-18)23-21(24)17-7-3-2-4-8-17/h2-15H,1H3,(H,23,24). The molecule has 0 fully saturated rings. The molecule has 3 aromatic rings. The van der Waals surface area contributed by atoms with E-state index in [0.717, 1.165) is 22.7 Å². The quantitative estimate of drug-likeness (QED) is 0.690. The van der Waals surface area contributed by atoms with Crippen LogP contribution in [0.5, 0.6) is 5.75 Å². The van der Waals surface area contributed by atoms with E-state index in [1.807, 2.05) is 66.7 Å². The molecule has 124 valence electrons. The van der Waals surface area contributed by atoms with Crippen molar-refractivity contribution in [1.29, 1.82) is 0 Å². The number of aliphatic imine (C=N–C) groups is 1. The van der Waals surface area contributed by atoms with Crippen LogP contribution in [0.4, 0.5) is 11.4 Å². The Morgan fingerprint density at radius 3 is 2.44 bits per heavy atom. The number of ether oxygens (including phenoxy) is 1. The summed E-state index contributed by atoms with van der Waals surface area (Å²) in [7, 11) is 1.64. The summed E-state index contributed by atoms with van der Waals surface area (Å²) < 4.78 is 5.19. The van der Waals surface area contributed by atoms with Gasteiger partial charge in [0.1, 0.15) is 5.75 Å². The Morgan fingerprint density at radius 1 is 0.960 bits per heavy atom. The molecule has 0 aliphatic rings. The summed E-state index contributed by atoms with van der Waals surface area (Å²) in [5.74, 6) is 0.663. The van der Waals surface area contributed by atoms with Crippen molar-refractivity contribution < 1.29 is 9.53 Å². The molecule has 3 aromatic carbocycles. The second-order valence-corrected chi connectivity index (χ2v) is 5.40. The lowest BCUT2D eigenvalue weighted by atomic mass is 10.2. The molecule has 0 saturated carbocycles. The first kappa shape index (κ1) is 16.5. The molecule has 4 nitrogen and oxygen atoms in total. The van der Waals surface area contributed by atoms with E-state index in [4.69, 9.17) is 4.74 Å². The molecule has 1 N–H and O–H groups in total. The van der Waals surface area contributed by atoms with Crippen molar-refractivity contribution in [2.24, 2.45) is 4.99 Å². The Labute approximate surface area is 146 Å². The number of methoxy groups -OCH3 is 1. The van der Waals surface area contributed by atoms with E-state index >= 15 is 0 Å². The molecule has 1 amide bonds. The van der Waals surface area contributed by atoms with Crippen LogP contribution in [0.15, 0.2) is 83.9 Å². The Morgan fingerprint density at radius 2 is 1.72 bits per heavy atom. The van der Waals surface area contributed by atoms with E-state index in [-0.39, 0.29) is 5.91 Å². The zero-order valence-electron chi connectivity index (χ0n) is 13.8. The van der Waals surface area contributed by atoms with Crippen LogP contribution in [0.3, 0.4) is 0 Å². The molecule has 0 radical (unpaired) electrons. The van der Waals surface area contributed by atoms with Crippen LogP contribution in [0, 0.1) is 0 Å². The SMILES string of the molecule is COc1cccc(C=Nc2ccc(NC(=O)c3ccccc3)cc2)c1. The molecular formula is C21H18N2O2. The van der Waals surface area contributed by atoms with Crippen molar-refractivity contribution in [1.82, 2.24) is 0 Å². The first-order chi connectivity index (χ1) is 12.2. The van der Waals surface area contributed by atoms with Gasteiger partial charge in [-0.05, 0) is 54.1 Å². The lowest BCUT2D eigenvalue weighted by Crippen LogP contribution is -2.11. The summed E-state index contributed by atoms with van der Waals surface area (Å²) >= 11 is 0. The summed E-state index contributed by atoms with van der Waals surface area (Å²) in [5.41, 5.74) is 3.12. The molecule has 4 heteroatoms. The number of amides is 1. The molecule has 0 saturated heterocycles. The Bertz CT molecular complexity index is 872. The fourth-order valence-electron chi connectivity index (χ4n) is 2.29. The molecule has 0 spiro atoms. The number of hydrogen-bond donors (Lipinski definition) is 1. The van der Waals surface area contributed by atoms with E-state index in [1.165, 1.54) is 0 Å². The van der Waals surface area contributed by atoms with Gasteiger partial charge in [-0.25, -0.2) is 0 Å². The number of rotatable bonds is 5. The van der Waals surface area contributed by atoms with Crippen molar-refractivity contribution >= 4 is 23.5 Å². The Balaban J connectivity index is 1.65. The Hall–Kier alpha value is -3.40. The highest BCUT2D eigenvalue weighted by molar-refractivity contribution is 6.04. The normalized spacial score (nSPS) is 10.6. The number of carbonyl (C=O) groups is 1. The molecule has 0 aromatic heterocycles. The molecule has 0 aliphatic heterocycles. The minimum atomic E-state index is -0.131. The predicted octanol–water partition coefficient (Wildman–Crippen LogP) is 4.70. The maximum absolute atomic E-state index is 12.1. The topological polar surface area (TPSA) is 50.7 Å². The monoisotopic (exact) mass is 330 g/mol. The van der Waals surface area contributed by atoms with Crippen LogP contribution >= 0.6 is 0 Å². The maximum Gasteiger partial charge on any atom is 0.255 e. The average Bonchev–Trinajstić information content (AvgIpc) is 2.68. The van der Waals surface area contributed by atoms with Crippen LogP contribution in [0.1, 0.15) is 15.9 Å². The number of carbonyl (C=O) groups excluding carboxylic acids is 1. The summed E-state index contributed by atoms with van der Waals surface area (Å²) in [6.07, 6.45) is 1.78. The van der Waals surface area contributed by atoms with Gasteiger partial charge in [0.05, 0.1) is 12.8 Å². The number of nitrogens with zero attached hydrogens (tertiary/aromatic N) is 1. The zero-order chi connectivity index (χ0) is 17.5. The predicted molar refractivity (Wildman–Crippen MR) is 101 cm³/mol. The number of nitrogens with one attached hydrogen (secondary N) is 1. The lowest BCUT2D eigenvalue weighted by Gasteiger charge is -2.05. The molecule has 0 aliphatic carbocycles. The fraction of sp³-hybridized carbons (Fsp3) is 0.0476. The lowest BCUT2D eigenvalue weighted by molar-refractivity contribution is 0.102. The van der Waals surface area contributed by atoms with Gasteiger partial charge >= 0.3 is 0 Å². The fourth-order valence-corrected chi connectivity index (χ4v) is 2.29. The van der Waals surface area contributed by atoms with Gasteiger partial charge in [0, 0.05) is 17.5 Å². The second kappa shape index (κ2) is 7.93. The molecule has 0 bridgehead atoms. The van der Waals surface area contributed by atoms with Crippen molar-refractivity contribution in [2.75, 3.05) is 12.4 Å². The molecule has 3 rings (SSSR count). The highest BCUT2D eigenvalue weighted by Gasteiger charge is 2.04. The largest absolute Gasteiger partial charge is 0.497 e. The molecule has 0 heterocycles. The van der Waals surface area contributed by atoms with E-state index in [1.54, 1.807) is 25.5 Å². The third-order valence-corrected chi connectivity index (χ3v) is 3.62. The number of benzene rings is 3. The van der Waals surface area contributed by atoms with Gasteiger partial charge in [0.15, 0.2) is 0 Å². The van der Waals surface area contributed by atoms with Gasteiger partial charge in [-0.15, -0.1) is 0 Å². The van der Waals surface area contributed by atoms with Crippen molar-refractivity contribution in [3.63, 3.8) is 0 Å². The first-order valence-electron chi connectivity index (χ1n) is 7.89. The zero-order valence-corrected chi connectivity index (χ0v) is 13.8. The molecule has 25 heavy (non-hydrogen) atoms. The van der Waals surface area contributed by atoms with Gasteiger partial charge in [-0.3, -0.25) is 9.79 Å². The maximum atomic E-state index is 12.1. The third-order valence-electron chi connectivity index (χ3n) is 3.62. The highest BCUT2D eigenvalue weighted by atomic mass is 16.5. The van der Waals surface area contributed by atoms with E-state index in [0.29, 0.717) is 5.56 Å². The molecular weight excluding hydrogens is 312 g/mol. The van der Waals surface area contributed by atoms with Gasteiger partial charge in [0.25, 0.3) is 5.91 Å². The van der Waals surface area contributed by atoms with Gasteiger partial charge < -0.3 is 10.1 Å². The summed E-state index contributed by atoms with van der Waals surface area (Å²) in [5, 5.41) is 2.87. The van der Waals surface area contributed by atoms with Crippen LogP contribution in [-0.2, 0) is 0 Å². The van der Waals surface area contributed by atoms with Crippen LogP contribution in [0.25, 0.3) is 0 Å². The van der Waals surface area contributed by atoms with Gasteiger partial charge in [-0.1, -0.05) is 30.3 Å². The van der Waals surface area contributed by atoms with Crippen LogP contribution < -0.4 is 10.1 Å². The van der Waals surface area contributed by atoms with E-state index in [9.17, 15) is 4.79 Å². The van der Waals surface area contributed by atoms with E-state index < -0.39 is 0 Å². The van der Waals surface area contributed by atoms with Gasteiger partial charge in [0.2, 0.25) is 0 Å². The summed E-state index contributed by atoms with van der Waals surface area (Å²) in [6.45, 7) is 0. The van der Waals surface area contributed by atoms with Gasteiger partial charge in [-0.2, -0.15) is 0 Å². The second-order valence-electron chi connectivity index (χ2n) is 5.40. The van der Waals surface area contributed by atoms with Crippen LogP contribution in [0.2, 0.25) is 0 Å². The summed E-state index contributed by atoms with van der Waals surface area (Å²) in [4.78, 5) is 16.6. The average molecular weight is 330 g/mol. The third kappa shape index (κ3) is 4.54. The summed E-state index contributed by atoms with van der Waals surface area (Å²) in [6, 6.07) is 24.2. The molecule has 0 unspecified atom stereocenters. The highest BCUT2D eigenvalue weighted by Crippen LogP contribution is 2.18. The first-order valence-corrected chi connectivity index (χ1v) is 7.89. The van der Waals surface area contributed by atoms with Crippen molar-refractivity contribution in [3.05, 3.63) is 90.0 Å². The van der Waals surface area contributed by atoms with Crippen LogP contribution in [-0.4, -0.2) is 19.2 Å².